The van der Waals surface area contributed by atoms with E-state index in [0.29, 0.717) is 0 Å². The quantitative estimate of drug-likeness (QED) is 0.578. The third-order valence-corrected chi connectivity index (χ3v) is 1.53. The molecule has 1 aromatic heterocycles. The number of fused-ring (bicyclic) bond motifs is 1. The average molecular weight is 131 g/mol. The molecule has 1 heterocycles. The molecule has 0 amide bonds. The highest BCUT2D eigenvalue weighted by Crippen LogP contribution is 2.10. The monoisotopic (exact) mass is 131 g/mol. The van der Waals surface area contributed by atoms with Crippen molar-refractivity contribution < 1.29 is 0 Å². The molecule has 2 nitrogen and oxygen atoms in total. The van der Waals surface area contributed by atoms with Crippen LogP contribution in [0.15, 0.2) is 18.2 Å². The molecule has 0 bridgehead atoms. The minimum Gasteiger partial charge on any atom is -0.277 e. The van der Waals surface area contributed by atoms with Gasteiger partial charge in [-0.3, -0.25) is 5.10 Å². The molecular weight excluding hydrogens is 124 g/mol. The summed E-state index contributed by atoms with van der Waals surface area (Å²) in [4.78, 5) is 0. The molecule has 0 aliphatic rings. The van der Waals surface area contributed by atoms with Crippen LogP contribution in [0.1, 0.15) is 5.56 Å². The number of aryl methyl sites for hydroxylation is 1. The second-order valence-electron chi connectivity index (χ2n) is 2.38. The van der Waals surface area contributed by atoms with Crippen molar-refractivity contribution in [1.82, 2.24) is 10.2 Å². The fraction of sp³-hybridized carbons (Fsp3) is 0.125. The Morgan fingerprint density at radius 1 is 1.50 bits per heavy atom. The lowest BCUT2D eigenvalue weighted by molar-refractivity contribution is 1.11. The van der Waals surface area contributed by atoms with Crippen molar-refractivity contribution in [3.05, 3.63) is 30.0 Å². The van der Waals surface area contributed by atoms with Crippen LogP contribution in [0.3, 0.4) is 0 Å². The van der Waals surface area contributed by atoms with Gasteiger partial charge in [-0.1, -0.05) is 11.6 Å². The van der Waals surface area contributed by atoms with Crippen molar-refractivity contribution in [2.45, 2.75) is 6.92 Å². The number of aromatic nitrogens is 2. The van der Waals surface area contributed by atoms with Crippen molar-refractivity contribution in [3.8, 4) is 0 Å². The van der Waals surface area contributed by atoms with E-state index in [1.807, 2.05) is 12.1 Å². The minimum atomic E-state index is 1.05. The Kier molecular flexibility index (Phi) is 1.01. The molecule has 49 valence electrons. The zero-order valence-corrected chi connectivity index (χ0v) is 5.68. The van der Waals surface area contributed by atoms with Crippen molar-refractivity contribution >= 4 is 10.9 Å². The molecular formula is C8H7N2. The first-order valence-corrected chi connectivity index (χ1v) is 3.19. The third-order valence-electron chi connectivity index (χ3n) is 1.53. The molecule has 0 aliphatic carbocycles. The van der Waals surface area contributed by atoms with Gasteiger partial charge in [0.15, 0.2) is 0 Å². The van der Waals surface area contributed by atoms with E-state index in [1.54, 1.807) is 0 Å². The minimum absolute atomic E-state index is 1.05. The number of rotatable bonds is 0. The Hall–Kier alpha value is -1.31. The highest BCUT2D eigenvalue weighted by Gasteiger charge is 1.93. The molecule has 0 spiro atoms. The first-order valence-electron chi connectivity index (χ1n) is 3.19. The Bertz CT molecular complexity index is 349. The summed E-state index contributed by atoms with van der Waals surface area (Å²) in [6.07, 6.45) is 2.85. The number of nitrogens with one attached hydrogen (secondary N) is 1. The summed E-state index contributed by atoms with van der Waals surface area (Å²) in [5, 5.41) is 7.69. The van der Waals surface area contributed by atoms with Crippen LogP contribution < -0.4 is 0 Å². The largest absolute Gasteiger partial charge is 0.277 e. The molecule has 1 radical (unpaired) electrons. The van der Waals surface area contributed by atoms with Crippen molar-refractivity contribution in [3.63, 3.8) is 0 Å². The molecule has 2 rings (SSSR count). The molecule has 1 N–H and O–H groups in total. The third kappa shape index (κ3) is 0.692. The number of aromatic amines is 1. The maximum Gasteiger partial charge on any atom is 0.121 e. The average Bonchev–Trinajstić information content (AvgIpc) is 2.33. The van der Waals surface area contributed by atoms with Crippen LogP contribution in [0.4, 0.5) is 0 Å². The van der Waals surface area contributed by atoms with Gasteiger partial charge >= 0.3 is 0 Å². The van der Waals surface area contributed by atoms with Gasteiger partial charge in [-0.2, -0.15) is 5.10 Å². The molecule has 0 aliphatic heterocycles. The van der Waals surface area contributed by atoms with E-state index in [4.69, 9.17) is 0 Å². The van der Waals surface area contributed by atoms with E-state index in [-0.39, 0.29) is 0 Å². The van der Waals surface area contributed by atoms with Gasteiger partial charge in [0.25, 0.3) is 0 Å². The summed E-state index contributed by atoms with van der Waals surface area (Å²) in [5.41, 5.74) is 2.29. The van der Waals surface area contributed by atoms with E-state index >= 15 is 0 Å². The summed E-state index contributed by atoms with van der Waals surface area (Å²) < 4.78 is 0. The fourth-order valence-electron chi connectivity index (χ4n) is 0.996. The normalized spacial score (nSPS) is 10.5. The van der Waals surface area contributed by atoms with Crippen LogP contribution in [-0.2, 0) is 0 Å². The predicted molar refractivity (Wildman–Crippen MR) is 39.7 cm³/mol. The lowest BCUT2D eigenvalue weighted by Crippen LogP contribution is -1.70. The van der Waals surface area contributed by atoms with Crippen molar-refractivity contribution in [2.75, 3.05) is 0 Å². The van der Waals surface area contributed by atoms with Gasteiger partial charge in [-0.15, -0.1) is 0 Å². The molecule has 0 unspecified atom stereocenters. The van der Waals surface area contributed by atoms with Crippen LogP contribution in [0.5, 0.6) is 0 Å². The molecule has 0 saturated heterocycles. The first-order chi connectivity index (χ1) is 4.86. The number of nitrogens with zero attached hydrogens (tertiary/aromatic N) is 1. The maximum absolute atomic E-state index is 3.79. The van der Waals surface area contributed by atoms with Crippen LogP contribution in [-0.4, -0.2) is 10.2 Å². The number of hydrogen-bond donors (Lipinski definition) is 1. The van der Waals surface area contributed by atoms with Gasteiger partial charge in [0.1, 0.15) is 6.20 Å². The van der Waals surface area contributed by atoms with Gasteiger partial charge < -0.3 is 0 Å². The zero-order chi connectivity index (χ0) is 6.97. The lowest BCUT2D eigenvalue weighted by atomic mass is 10.2. The van der Waals surface area contributed by atoms with E-state index in [9.17, 15) is 0 Å². The maximum atomic E-state index is 3.79. The molecule has 1 aromatic carbocycles. The number of H-pyrrole nitrogens is 1. The van der Waals surface area contributed by atoms with Gasteiger partial charge in [0.05, 0.1) is 5.52 Å². The molecule has 10 heavy (non-hydrogen) atoms. The van der Waals surface area contributed by atoms with Crippen LogP contribution in [0, 0.1) is 13.1 Å². The summed E-state index contributed by atoms with van der Waals surface area (Å²) in [6.45, 7) is 2.06. The zero-order valence-electron chi connectivity index (χ0n) is 5.68. The smallest absolute Gasteiger partial charge is 0.121 e. The number of benzene rings is 1. The van der Waals surface area contributed by atoms with Gasteiger partial charge in [-0.05, 0) is 19.1 Å². The molecule has 2 heteroatoms. The lowest BCUT2D eigenvalue weighted by Gasteiger charge is -1.88. The van der Waals surface area contributed by atoms with Gasteiger partial charge in [0, 0.05) is 5.39 Å². The van der Waals surface area contributed by atoms with Crippen LogP contribution in [0.25, 0.3) is 10.9 Å². The summed E-state index contributed by atoms with van der Waals surface area (Å²) in [6, 6.07) is 6.11. The highest BCUT2D eigenvalue weighted by molar-refractivity contribution is 5.77. The molecule has 0 saturated carbocycles. The van der Waals surface area contributed by atoms with Crippen LogP contribution >= 0.6 is 0 Å². The Labute approximate surface area is 58.9 Å². The van der Waals surface area contributed by atoms with Crippen LogP contribution in [0.2, 0.25) is 0 Å². The van der Waals surface area contributed by atoms with Gasteiger partial charge in [0.2, 0.25) is 0 Å². The van der Waals surface area contributed by atoms with E-state index in [1.165, 1.54) is 5.56 Å². The summed E-state index contributed by atoms with van der Waals surface area (Å²) >= 11 is 0. The van der Waals surface area contributed by atoms with E-state index in [2.05, 4.69) is 29.4 Å². The van der Waals surface area contributed by atoms with Crippen molar-refractivity contribution in [1.29, 1.82) is 0 Å². The standard InChI is InChI=1S/C8H7N2/c1-6-2-3-8-7(4-6)5-9-10-8/h2-4H,1H3,(H,9,10). The number of hydrogen-bond acceptors (Lipinski definition) is 1. The second-order valence-corrected chi connectivity index (χ2v) is 2.38. The topological polar surface area (TPSA) is 28.7 Å². The Morgan fingerprint density at radius 2 is 2.40 bits per heavy atom. The van der Waals surface area contributed by atoms with Crippen molar-refractivity contribution in [2.24, 2.45) is 0 Å². The molecule has 0 fully saturated rings. The van der Waals surface area contributed by atoms with E-state index in [0.717, 1.165) is 10.9 Å². The first kappa shape index (κ1) is 5.47. The summed E-state index contributed by atoms with van der Waals surface area (Å²) in [5.74, 6) is 0. The predicted octanol–water partition coefficient (Wildman–Crippen LogP) is 1.67. The highest BCUT2D eigenvalue weighted by atomic mass is 15.1. The van der Waals surface area contributed by atoms with Gasteiger partial charge in [-0.25, -0.2) is 0 Å². The summed E-state index contributed by atoms with van der Waals surface area (Å²) in [7, 11) is 0. The molecule has 0 atom stereocenters. The second kappa shape index (κ2) is 1.84. The molecule has 2 aromatic rings. The van der Waals surface area contributed by atoms with E-state index < -0.39 is 0 Å². The SMILES string of the molecule is Cc1ccc2[nH]n[c]c2c1. The Balaban J connectivity index is 2.86. The Morgan fingerprint density at radius 3 is 3.30 bits per heavy atom. The fourth-order valence-corrected chi connectivity index (χ4v) is 0.996.